The van der Waals surface area contributed by atoms with Crippen molar-refractivity contribution in [1.82, 2.24) is 10.4 Å². The Morgan fingerprint density at radius 3 is 2.93 bits per heavy atom. The van der Waals surface area contributed by atoms with Crippen LogP contribution in [0.3, 0.4) is 0 Å². The lowest BCUT2D eigenvalue weighted by atomic mass is 10.1. The van der Waals surface area contributed by atoms with E-state index >= 15 is 0 Å². The highest BCUT2D eigenvalue weighted by molar-refractivity contribution is 5.34. The molecule has 0 atom stereocenters. The number of hydrogen-bond acceptors (Lipinski definition) is 3. The average Bonchev–Trinajstić information content (AvgIpc) is 2.54. The average molecular weight is 192 g/mol. The van der Waals surface area contributed by atoms with E-state index in [9.17, 15) is 0 Å². The summed E-state index contributed by atoms with van der Waals surface area (Å²) >= 11 is 0. The molecular weight excluding hydrogens is 176 g/mol. The maximum atomic E-state index is 4.83. The van der Waals surface area contributed by atoms with Gasteiger partial charge in [0.15, 0.2) is 0 Å². The Morgan fingerprint density at radius 1 is 1.36 bits per heavy atom. The number of benzene rings is 1. The predicted molar refractivity (Wildman–Crippen MR) is 55.5 cm³/mol. The molecule has 1 N–H and O–H groups in total. The molecular formula is C11H16N2O. The summed E-state index contributed by atoms with van der Waals surface area (Å²) in [6.07, 6.45) is 0. The molecule has 1 aromatic carbocycles. The van der Waals surface area contributed by atoms with E-state index < -0.39 is 0 Å². The Morgan fingerprint density at radius 2 is 2.14 bits per heavy atom. The monoisotopic (exact) mass is 192 g/mol. The summed E-state index contributed by atoms with van der Waals surface area (Å²) in [5.74, 6) is 0. The molecule has 2 rings (SSSR count). The standard InChI is InChI=1S/C11H16N2O/c1-13-7-10-4-3-9(6-12-14-2)5-11(10)8-13/h3-5,12H,6-8H2,1-2H3. The molecule has 0 saturated carbocycles. The van der Waals surface area contributed by atoms with Gasteiger partial charge in [0.05, 0.1) is 7.11 Å². The molecule has 3 heteroatoms. The fourth-order valence-electron chi connectivity index (χ4n) is 1.88. The summed E-state index contributed by atoms with van der Waals surface area (Å²) in [7, 11) is 3.79. The smallest absolute Gasteiger partial charge is 0.0572 e. The van der Waals surface area contributed by atoms with Crippen molar-refractivity contribution in [3.8, 4) is 0 Å². The van der Waals surface area contributed by atoms with Crippen LogP contribution in [0.4, 0.5) is 0 Å². The van der Waals surface area contributed by atoms with Crippen LogP contribution in [-0.4, -0.2) is 19.1 Å². The summed E-state index contributed by atoms with van der Waals surface area (Å²) in [6.45, 7) is 2.91. The van der Waals surface area contributed by atoms with Crippen LogP contribution in [0.2, 0.25) is 0 Å². The number of rotatable bonds is 3. The van der Waals surface area contributed by atoms with E-state index in [4.69, 9.17) is 4.84 Å². The van der Waals surface area contributed by atoms with Gasteiger partial charge < -0.3 is 4.84 Å². The molecule has 1 aliphatic heterocycles. The minimum atomic E-state index is 0.771. The van der Waals surface area contributed by atoms with E-state index in [1.807, 2.05) is 0 Å². The van der Waals surface area contributed by atoms with Gasteiger partial charge in [0, 0.05) is 19.6 Å². The van der Waals surface area contributed by atoms with E-state index in [2.05, 4.69) is 35.6 Å². The van der Waals surface area contributed by atoms with Crippen LogP contribution in [-0.2, 0) is 24.5 Å². The Hall–Kier alpha value is -0.900. The van der Waals surface area contributed by atoms with Crippen LogP contribution < -0.4 is 5.48 Å². The van der Waals surface area contributed by atoms with Gasteiger partial charge in [-0.25, -0.2) is 0 Å². The Bertz CT molecular complexity index is 325. The van der Waals surface area contributed by atoms with Gasteiger partial charge in [0.1, 0.15) is 0 Å². The van der Waals surface area contributed by atoms with E-state index in [-0.39, 0.29) is 0 Å². The molecule has 1 heterocycles. The van der Waals surface area contributed by atoms with Crippen molar-refractivity contribution >= 4 is 0 Å². The third-order valence-corrected chi connectivity index (χ3v) is 2.57. The first-order valence-electron chi connectivity index (χ1n) is 4.84. The van der Waals surface area contributed by atoms with E-state index in [1.54, 1.807) is 7.11 Å². The van der Waals surface area contributed by atoms with Crippen molar-refractivity contribution in [1.29, 1.82) is 0 Å². The minimum absolute atomic E-state index is 0.771. The summed E-state index contributed by atoms with van der Waals surface area (Å²) in [5, 5.41) is 0. The molecule has 14 heavy (non-hydrogen) atoms. The van der Waals surface area contributed by atoms with Crippen LogP contribution in [0.25, 0.3) is 0 Å². The maximum Gasteiger partial charge on any atom is 0.0572 e. The summed E-state index contributed by atoms with van der Waals surface area (Å²) in [4.78, 5) is 7.14. The van der Waals surface area contributed by atoms with Gasteiger partial charge >= 0.3 is 0 Å². The maximum absolute atomic E-state index is 4.83. The van der Waals surface area contributed by atoms with E-state index in [0.717, 1.165) is 19.6 Å². The molecule has 1 aliphatic rings. The van der Waals surface area contributed by atoms with Crippen LogP contribution in [0.1, 0.15) is 16.7 Å². The molecule has 0 fully saturated rings. The molecule has 0 amide bonds. The van der Waals surface area contributed by atoms with Crippen molar-refractivity contribution in [2.24, 2.45) is 0 Å². The fraction of sp³-hybridized carbons (Fsp3) is 0.455. The quantitative estimate of drug-likeness (QED) is 0.730. The van der Waals surface area contributed by atoms with Crippen LogP contribution in [0.15, 0.2) is 18.2 Å². The second kappa shape index (κ2) is 4.09. The van der Waals surface area contributed by atoms with Gasteiger partial charge in [-0.15, -0.1) is 0 Å². The first kappa shape index (κ1) is 9.65. The molecule has 0 aromatic heterocycles. The zero-order valence-corrected chi connectivity index (χ0v) is 8.71. The first-order valence-corrected chi connectivity index (χ1v) is 4.84. The summed E-state index contributed by atoms with van der Waals surface area (Å²) in [6, 6.07) is 6.63. The number of nitrogens with one attached hydrogen (secondary N) is 1. The zero-order chi connectivity index (χ0) is 9.97. The topological polar surface area (TPSA) is 24.5 Å². The minimum Gasteiger partial charge on any atom is -0.305 e. The van der Waals surface area contributed by atoms with Gasteiger partial charge in [-0.3, -0.25) is 4.90 Å². The highest BCUT2D eigenvalue weighted by Gasteiger charge is 2.14. The molecule has 0 aliphatic carbocycles. The molecule has 3 nitrogen and oxygen atoms in total. The third-order valence-electron chi connectivity index (χ3n) is 2.57. The highest BCUT2D eigenvalue weighted by Crippen LogP contribution is 2.22. The SMILES string of the molecule is CONCc1ccc2c(c1)CN(C)C2. The Labute approximate surface area is 84.6 Å². The van der Waals surface area contributed by atoms with Crippen molar-refractivity contribution < 1.29 is 4.84 Å². The van der Waals surface area contributed by atoms with Gasteiger partial charge in [-0.2, -0.15) is 5.48 Å². The summed E-state index contributed by atoms with van der Waals surface area (Å²) < 4.78 is 0. The molecule has 1 aromatic rings. The Balaban J connectivity index is 2.12. The first-order chi connectivity index (χ1) is 6.79. The molecule has 76 valence electrons. The number of nitrogens with zero attached hydrogens (tertiary/aromatic N) is 1. The third kappa shape index (κ3) is 1.95. The predicted octanol–water partition coefficient (Wildman–Crippen LogP) is 1.28. The lowest BCUT2D eigenvalue weighted by Gasteiger charge is -2.04. The van der Waals surface area contributed by atoms with Crippen LogP contribution in [0.5, 0.6) is 0 Å². The van der Waals surface area contributed by atoms with Gasteiger partial charge in [-0.05, 0) is 23.7 Å². The molecule has 0 bridgehead atoms. The highest BCUT2D eigenvalue weighted by atomic mass is 16.6. The lowest BCUT2D eigenvalue weighted by molar-refractivity contribution is 0.0867. The van der Waals surface area contributed by atoms with E-state index in [0.29, 0.717) is 0 Å². The number of fused-ring (bicyclic) bond motifs is 1. The second-order valence-corrected chi connectivity index (χ2v) is 3.80. The van der Waals surface area contributed by atoms with Gasteiger partial charge in [-0.1, -0.05) is 18.2 Å². The largest absolute Gasteiger partial charge is 0.305 e. The van der Waals surface area contributed by atoms with Gasteiger partial charge in [0.25, 0.3) is 0 Å². The fourth-order valence-corrected chi connectivity index (χ4v) is 1.88. The lowest BCUT2D eigenvalue weighted by Crippen LogP contribution is -2.10. The van der Waals surface area contributed by atoms with E-state index in [1.165, 1.54) is 16.7 Å². The number of hydroxylamine groups is 1. The zero-order valence-electron chi connectivity index (χ0n) is 8.71. The van der Waals surface area contributed by atoms with Crippen molar-refractivity contribution in [2.75, 3.05) is 14.2 Å². The number of hydrogen-bond donors (Lipinski definition) is 1. The Kier molecular flexibility index (Phi) is 2.82. The van der Waals surface area contributed by atoms with Crippen LogP contribution in [0, 0.1) is 0 Å². The second-order valence-electron chi connectivity index (χ2n) is 3.80. The molecule has 0 radical (unpaired) electrons. The van der Waals surface area contributed by atoms with Crippen LogP contribution >= 0.6 is 0 Å². The van der Waals surface area contributed by atoms with Gasteiger partial charge in [0.2, 0.25) is 0 Å². The molecule has 0 unspecified atom stereocenters. The van der Waals surface area contributed by atoms with Crippen molar-refractivity contribution in [3.63, 3.8) is 0 Å². The molecule has 0 spiro atoms. The van der Waals surface area contributed by atoms with Crippen molar-refractivity contribution in [2.45, 2.75) is 19.6 Å². The normalized spacial score (nSPS) is 15.9. The molecule has 0 saturated heterocycles. The summed E-state index contributed by atoms with van der Waals surface area (Å²) in [5.41, 5.74) is 7.03. The van der Waals surface area contributed by atoms with Crippen molar-refractivity contribution in [3.05, 3.63) is 34.9 Å².